The summed E-state index contributed by atoms with van der Waals surface area (Å²) >= 11 is 0. The number of fused-ring (bicyclic) bond motifs is 2. The number of rotatable bonds is 7. The summed E-state index contributed by atoms with van der Waals surface area (Å²) in [6.45, 7) is 4.36. The van der Waals surface area contributed by atoms with Crippen molar-refractivity contribution in [3.63, 3.8) is 0 Å². The molecule has 0 spiro atoms. The Morgan fingerprint density at radius 2 is 1.75 bits per heavy atom. The summed E-state index contributed by atoms with van der Waals surface area (Å²) in [6, 6.07) is 15.2. The highest BCUT2D eigenvalue weighted by Crippen LogP contribution is 2.51. The Balaban J connectivity index is 1.44. The molecule has 2 heterocycles. The lowest BCUT2D eigenvalue weighted by Crippen LogP contribution is -2.58. The van der Waals surface area contributed by atoms with E-state index in [4.69, 9.17) is 0 Å². The minimum atomic E-state index is -4.48. The van der Waals surface area contributed by atoms with Crippen LogP contribution in [-0.2, 0) is 16.8 Å². The Morgan fingerprint density at radius 3 is 2.42 bits per heavy atom. The van der Waals surface area contributed by atoms with E-state index in [1.54, 1.807) is 0 Å². The van der Waals surface area contributed by atoms with Gasteiger partial charge in [-0.1, -0.05) is 62.2 Å². The SMILES string of the molecule is CCCCC1(C(=O)NCC(F)(F)F)C(C)=C(N2CC(N3Cc4ccccc4C3=O)C2)c2ccccc21. The highest BCUT2D eigenvalue weighted by atomic mass is 19.4. The fraction of sp³-hybridized carbons (Fsp3) is 0.429. The monoisotopic (exact) mass is 497 g/mol. The number of hydrogen-bond donors (Lipinski definition) is 1. The van der Waals surface area contributed by atoms with Crippen LogP contribution in [0, 0.1) is 0 Å². The van der Waals surface area contributed by atoms with Gasteiger partial charge in [-0.25, -0.2) is 0 Å². The zero-order valence-corrected chi connectivity index (χ0v) is 20.5. The summed E-state index contributed by atoms with van der Waals surface area (Å²) in [5.74, 6) is -0.563. The van der Waals surface area contributed by atoms with Crippen LogP contribution in [0.1, 0.15) is 60.2 Å². The van der Waals surface area contributed by atoms with Gasteiger partial charge < -0.3 is 15.1 Å². The Kier molecular flexibility index (Phi) is 6.09. The summed E-state index contributed by atoms with van der Waals surface area (Å²) < 4.78 is 39.0. The molecule has 1 aliphatic carbocycles. The van der Waals surface area contributed by atoms with Crippen LogP contribution >= 0.6 is 0 Å². The van der Waals surface area contributed by atoms with E-state index in [0.717, 1.165) is 39.9 Å². The number of benzene rings is 2. The number of nitrogens with zero attached hydrogens (tertiary/aromatic N) is 2. The Hall–Kier alpha value is -3.29. The van der Waals surface area contributed by atoms with E-state index in [2.05, 4.69) is 10.2 Å². The van der Waals surface area contributed by atoms with Gasteiger partial charge in [0.2, 0.25) is 5.91 Å². The smallest absolute Gasteiger partial charge is 0.367 e. The minimum Gasteiger partial charge on any atom is -0.367 e. The van der Waals surface area contributed by atoms with Gasteiger partial charge in [-0.2, -0.15) is 13.2 Å². The zero-order chi connectivity index (χ0) is 25.7. The first kappa shape index (κ1) is 24.4. The molecule has 1 fully saturated rings. The van der Waals surface area contributed by atoms with Gasteiger partial charge in [0, 0.05) is 36.5 Å². The van der Waals surface area contributed by atoms with Crippen LogP contribution in [0.15, 0.2) is 54.1 Å². The van der Waals surface area contributed by atoms with Gasteiger partial charge >= 0.3 is 6.18 Å². The van der Waals surface area contributed by atoms with Crippen molar-refractivity contribution in [1.82, 2.24) is 15.1 Å². The van der Waals surface area contributed by atoms with Crippen LogP contribution in [-0.4, -0.2) is 53.5 Å². The quantitative estimate of drug-likeness (QED) is 0.594. The number of nitrogens with one attached hydrogen (secondary N) is 1. The summed E-state index contributed by atoms with van der Waals surface area (Å²) in [5, 5.41) is 2.18. The molecule has 0 radical (unpaired) electrons. The molecule has 0 saturated carbocycles. The lowest BCUT2D eigenvalue weighted by Gasteiger charge is -2.46. The number of amides is 2. The van der Waals surface area contributed by atoms with Gasteiger partial charge in [-0.15, -0.1) is 0 Å². The predicted molar refractivity (Wildman–Crippen MR) is 131 cm³/mol. The maximum absolute atomic E-state index is 13.5. The fourth-order valence-electron chi connectivity index (χ4n) is 5.98. The van der Waals surface area contributed by atoms with Gasteiger partial charge in [0.15, 0.2) is 0 Å². The zero-order valence-electron chi connectivity index (χ0n) is 20.5. The van der Waals surface area contributed by atoms with Crippen molar-refractivity contribution in [2.24, 2.45) is 0 Å². The van der Waals surface area contributed by atoms with Crippen molar-refractivity contribution in [3.05, 3.63) is 76.4 Å². The maximum Gasteiger partial charge on any atom is 0.405 e. The maximum atomic E-state index is 13.5. The van der Waals surface area contributed by atoms with Gasteiger partial charge in [0.05, 0.1) is 11.5 Å². The molecule has 2 aromatic rings. The molecule has 190 valence electrons. The van der Waals surface area contributed by atoms with E-state index in [0.29, 0.717) is 32.5 Å². The second-order valence-corrected chi connectivity index (χ2v) is 9.97. The molecule has 36 heavy (non-hydrogen) atoms. The standard InChI is InChI=1S/C28H30F3N3O2/c1-3-4-13-27(26(36)32-17-28(29,30)31)18(2)24(22-11-7-8-12-23(22)27)33-15-20(16-33)34-14-19-9-5-6-10-21(19)25(34)35/h5-12,20H,3-4,13-17H2,1-2H3,(H,32,36). The number of carbonyl (C=O) groups is 2. The van der Waals surface area contributed by atoms with E-state index >= 15 is 0 Å². The number of likely N-dealkylation sites (tertiary alicyclic amines) is 1. The van der Waals surface area contributed by atoms with Crippen molar-refractivity contribution in [3.8, 4) is 0 Å². The van der Waals surface area contributed by atoms with Crippen molar-refractivity contribution in [1.29, 1.82) is 0 Å². The topological polar surface area (TPSA) is 52.7 Å². The fourth-order valence-corrected chi connectivity index (χ4v) is 5.98. The van der Waals surface area contributed by atoms with Gasteiger partial charge in [-0.05, 0) is 36.1 Å². The molecule has 1 unspecified atom stereocenters. The molecule has 3 aliphatic rings. The number of halogens is 3. The third kappa shape index (κ3) is 3.87. The molecule has 0 aromatic heterocycles. The number of unbranched alkanes of at least 4 members (excludes halogenated alkanes) is 1. The van der Waals surface area contributed by atoms with Crippen LogP contribution in [0.3, 0.4) is 0 Å². The van der Waals surface area contributed by atoms with Gasteiger partial charge in [0.25, 0.3) is 5.91 Å². The third-order valence-corrected chi connectivity index (χ3v) is 7.85. The Bertz CT molecular complexity index is 1230. The first-order valence-corrected chi connectivity index (χ1v) is 12.5. The van der Waals surface area contributed by atoms with Crippen LogP contribution in [0.5, 0.6) is 0 Å². The Morgan fingerprint density at radius 1 is 1.08 bits per heavy atom. The average molecular weight is 498 g/mol. The molecule has 5 rings (SSSR count). The van der Waals surface area contributed by atoms with Crippen molar-refractivity contribution >= 4 is 17.5 Å². The average Bonchev–Trinajstić information content (AvgIpc) is 3.28. The van der Waals surface area contributed by atoms with Crippen molar-refractivity contribution in [2.75, 3.05) is 19.6 Å². The normalized spacial score (nSPS) is 21.5. The minimum absolute atomic E-state index is 0.0385. The van der Waals surface area contributed by atoms with Crippen LogP contribution < -0.4 is 5.32 Å². The van der Waals surface area contributed by atoms with Gasteiger partial charge in [0.1, 0.15) is 6.54 Å². The first-order chi connectivity index (χ1) is 17.2. The van der Waals surface area contributed by atoms with E-state index in [9.17, 15) is 22.8 Å². The molecule has 8 heteroatoms. The van der Waals surface area contributed by atoms with Crippen LogP contribution in [0.25, 0.3) is 5.70 Å². The molecule has 5 nitrogen and oxygen atoms in total. The lowest BCUT2D eigenvalue weighted by atomic mass is 9.73. The van der Waals surface area contributed by atoms with E-state index in [1.807, 2.05) is 67.3 Å². The molecule has 2 amide bonds. The first-order valence-electron chi connectivity index (χ1n) is 12.5. The highest BCUT2D eigenvalue weighted by Gasteiger charge is 2.51. The van der Waals surface area contributed by atoms with Crippen LogP contribution in [0.2, 0.25) is 0 Å². The summed E-state index contributed by atoms with van der Waals surface area (Å²) in [4.78, 5) is 30.5. The molecular formula is C28H30F3N3O2. The van der Waals surface area contributed by atoms with E-state index in [-0.39, 0.29) is 11.9 Å². The number of alkyl halides is 3. The third-order valence-electron chi connectivity index (χ3n) is 7.85. The lowest BCUT2D eigenvalue weighted by molar-refractivity contribution is -0.141. The number of carbonyl (C=O) groups excluding carboxylic acids is 2. The number of hydrogen-bond acceptors (Lipinski definition) is 3. The predicted octanol–water partition coefficient (Wildman–Crippen LogP) is 4.88. The van der Waals surface area contributed by atoms with E-state index < -0.39 is 24.0 Å². The summed E-state index contributed by atoms with van der Waals surface area (Å²) in [6.07, 6.45) is -2.51. The molecule has 1 atom stereocenters. The van der Waals surface area contributed by atoms with Crippen LogP contribution in [0.4, 0.5) is 13.2 Å². The molecule has 2 aromatic carbocycles. The molecule has 2 aliphatic heterocycles. The van der Waals surface area contributed by atoms with Crippen molar-refractivity contribution < 1.29 is 22.8 Å². The molecular weight excluding hydrogens is 467 g/mol. The van der Waals surface area contributed by atoms with E-state index in [1.165, 1.54) is 0 Å². The molecule has 1 saturated heterocycles. The second-order valence-electron chi connectivity index (χ2n) is 9.97. The van der Waals surface area contributed by atoms with Gasteiger partial charge in [-0.3, -0.25) is 9.59 Å². The summed E-state index contributed by atoms with van der Waals surface area (Å²) in [7, 11) is 0. The highest BCUT2D eigenvalue weighted by molar-refractivity contribution is 6.00. The summed E-state index contributed by atoms with van der Waals surface area (Å²) in [5.41, 5.74) is 3.98. The second kappa shape index (κ2) is 8.98. The molecule has 1 N–H and O–H groups in total. The van der Waals surface area contributed by atoms with Crippen molar-refractivity contribution in [2.45, 2.75) is 57.3 Å². The molecule has 0 bridgehead atoms. The largest absolute Gasteiger partial charge is 0.405 e. The Labute approximate surface area is 209 Å².